The predicted octanol–water partition coefficient (Wildman–Crippen LogP) is 1.74. The molecule has 1 aromatic carbocycles. The summed E-state index contributed by atoms with van der Waals surface area (Å²) in [7, 11) is -4.27. The molecule has 0 spiro atoms. The Bertz CT molecular complexity index is 473. The average Bonchev–Trinajstić information content (AvgIpc) is 2.26. The maximum Gasteiger partial charge on any atom is 0.267 e. The lowest BCUT2D eigenvalue weighted by Gasteiger charge is -2.27. The molecule has 1 aromatic rings. The van der Waals surface area contributed by atoms with Gasteiger partial charge in [0.2, 0.25) is 0 Å². The molecule has 6 heteroatoms. The minimum absolute atomic E-state index is 0.137. The van der Waals surface area contributed by atoms with Crippen molar-refractivity contribution in [2.24, 2.45) is 0 Å². The summed E-state index contributed by atoms with van der Waals surface area (Å²) in [4.78, 5) is 0. The first-order valence-electron chi connectivity index (χ1n) is 5.60. The van der Waals surface area contributed by atoms with Gasteiger partial charge in [0.25, 0.3) is 10.1 Å². The van der Waals surface area contributed by atoms with Gasteiger partial charge in [-0.15, -0.1) is 0 Å². The molecule has 0 aliphatic rings. The Morgan fingerprint density at radius 1 is 1.33 bits per heavy atom. The van der Waals surface area contributed by atoms with Crippen molar-refractivity contribution in [2.75, 3.05) is 12.3 Å². The quantitative estimate of drug-likeness (QED) is 0.776. The summed E-state index contributed by atoms with van der Waals surface area (Å²) in [5.74, 6) is -0.884. The van der Waals surface area contributed by atoms with Gasteiger partial charge in [0.05, 0.1) is 0 Å². The highest BCUT2D eigenvalue weighted by Gasteiger charge is 2.23. The number of benzene rings is 1. The molecule has 0 fully saturated rings. The minimum atomic E-state index is -4.27. The molecule has 2 N–H and O–H groups in total. The fourth-order valence-corrected chi connectivity index (χ4v) is 2.19. The van der Waals surface area contributed by atoms with Crippen molar-refractivity contribution >= 4 is 10.1 Å². The highest BCUT2D eigenvalue weighted by molar-refractivity contribution is 7.85. The van der Waals surface area contributed by atoms with Crippen LogP contribution in [0.25, 0.3) is 0 Å². The van der Waals surface area contributed by atoms with Gasteiger partial charge in [0.15, 0.2) is 0 Å². The number of alkyl halides is 1. The van der Waals surface area contributed by atoms with E-state index in [-0.39, 0.29) is 6.54 Å². The molecule has 0 amide bonds. The zero-order valence-corrected chi connectivity index (χ0v) is 11.2. The van der Waals surface area contributed by atoms with Crippen LogP contribution in [-0.4, -0.2) is 31.4 Å². The van der Waals surface area contributed by atoms with Crippen molar-refractivity contribution in [3.05, 3.63) is 35.9 Å². The van der Waals surface area contributed by atoms with E-state index < -0.39 is 27.6 Å². The Balaban J connectivity index is 2.57. The molecule has 4 nitrogen and oxygen atoms in total. The summed E-state index contributed by atoms with van der Waals surface area (Å²) in [5.41, 5.74) is 0.509. The van der Waals surface area contributed by atoms with Gasteiger partial charge in [-0.1, -0.05) is 30.3 Å². The first-order chi connectivity index (χ1) is 8.21. The fraction of sp³-hybridized carbons (Fsp3) is 0.500. The van der Waals surface area contributed by atoms with Crippen molar-refractivity contribution in [3.63, 3.8) is 0 Å². The first-order valence-corrected chi connectivity index (χ1v) is 7.21. The Hall–Kier alpha value is -0.980. The number of nitrogens with one attached hydrogen (secondary N) is 1. The SMILES string of the molecule is CC(C)(NC[C@H](F)CS(=O)(=O)O)c1ccccc1. The van der Waals surface area contributed by atoms with Gasteiger partial charge < -0.3 is 5.32 Å². The molecule has 0 saturated carbocycles. The normalized spacial score (nSPS) is 14.4. The Morgan fingerprint density at radius 2 is 1.89 bits per heavy atom. The van der Waals surface area contributed by atoms with Crippen LogP contribution < -0.4 is 5.32 Å². The zero-order chi connectivity index (χ0) is 13.8. The molecule has 102 valence electrons. The summed E-state index contributed by atoms with van der Waals surface area (Å²) in [6.45, 7) is 3.62. The number of hydrogen-bond acceptors (Lipinski definition) is 3. The molecule has 0 radical (unpaired) electrons. The van der Waals surface area contributed by atoms with Crippen LogP contribution in [0.5, 0.6) is 0 Å². The van der Waals surface area contributed by atoms with Gasteiger partial charge in [-0.2, -0.15) is 8.42 Å². The third-order valence-electron chi connectivity index (χ3n) is 2.65. The minimum Gasteiger partial charge on any atom is -0.305 e. The van der Waals surface area contributed by atoms with E-state index in [9.17, 15) is 12.8 Å². The highest BCUT2D eigenvalue weighted by Crippen LogP contribution is 2.19. The molecular weight excluding hydrogens is 257 g/mol. The monoisotopic (exact) mass is 275 g/mol. The van der Waals surface area contributed by atoms with E-state index >= 15 is 0 Å². The summed E-state index contributed by atoms with van der Waals surface area (Å²) < 4.78 is 42.9. The van der Waals surface area contributed by atoms with Gasteiger partial charge in [0.1, 0.15) is 11.9 Å². The molecule has 0 unspecified atom stereocenters. The Kier molecular flexibility index (Phi) is 4.84. The lowest BCUT2D eigenvalue weighted by molar-refractivity contribution is 0.294. The first kappa shape index (κ1) is 15.1. The highest BCUT2D eigenvalue weighted by atomic mass is 32.2. The summed E-state index contributed by atoms with van der Waals surface area (Å²) in [5, 5.41) is 2.95. The molecule has 0 aliphatic heterocycles. The fourth-order valence-electron chi connectivity index (χ4n) is 1.61. The van der Waals surface area contributed by atoms with Crippen LogP contribution in [-0.2, 0) is 15.7 Å². The maximum absolute atomic E-state index is 13.3. The predicted molar refractivity (Wildman–Crippen MR) is 68.8 cm³/mol. The lowest BCUT2D eigenvalue weighted by atomic mass is 9.94. The van der Waals surface area contributed by atoms with E-state index in [0.29, 0.717) is 0 Å². The van der Waals surface area contributed by atoms with Crippen LogP contribution in [0.15, 0.2) is 30.3 Å². The van der Waals surface area contributed by atoms with E-state index in [2.05, 4.69) is 5.32 Å². The summed E-state index contributed by atoms with van der Waals surface area (Å²) in [6.07, 6.45) is -1.64. The standard InChI is InChI=1S/C12H18FNO3S/c1-12(2,10-6-4-3-5-7-10)14-8-11(13)9-18(15,16)17/h3-7,11,14H,8-9H2,1-2H3,(H,15,16,17)/t11-/m0/s1. The summed E-state index contributed by atoms with van der Waals surface area (Å²) in [6, 6.07) is 9.45. The molecule has 1 rings (SSSR count). The van der Waals surface area contributed by atoms with Crippen LogP contribution in [0.4, 0.5) is 4.39 Å². The molecule has 0 heterocycles. The average molecular weight is 275 g/mol. The third-order valence-corrected chi connectivity index (χ3v) is 3.44. The topological polar surface area (TPSA) is 66.4 Å². The molecule has 0 bridgehead atoms. The maximum atomic E-state index is 13.3. The van der Waals surface area contributed by atoms with Crippen molar-refractivity contribution < 1.29 is 17.4 Å². The zero-order valence-electron chi connectivity index (χ0n) is 10.4. The second-order valence-electron chi connectivity index (χ2n) is 4.72. The van der Waals surface area contributed by atoms with E-state index in [4.69, 9.17) is 4.55 Å². The van der Waals surface area contributed by atoms with E-state index in [1.54, 1.807) is 0 Å². The van der Waals surface area contributed by atoms with Gasteiger partial charge in [0, 0.05) is 12.1 Å². The van der Waals surface area contributed by atoms with Crippen LogP contribution in [0.3, 0.4) is 0 Å². The van der Waals surface area contributed by atoms with Crippen molar-refractivity contribution in [1.82, 2.24) is 5.32 Å². The molecule has 18 heavy (non-hydrogen) atoms. The smallest absolute Gasteiger partial charge is 0.267 e. The lowest BCUT2D eigenvalue weighted by Crippen LogP contribution is -2.41. The third kappa shape index (κ3) is 5.12. The second kappa shape index (κ2) is 5.77. The second-order valence-corrected chi connectivity index (χ2v) is 6.21. The van der Waals surface area contributed by atoms with E-state index in [1.807, 2.05) is 44.2 Å². The Labute approximate surface area is 107 Å². The molecular formula is C12H18FNO3S. The molecule has 0 aliphatic carbocycles. The molecule has 0 saturated heterocycles. The van der Waals surface area contributed by atoms with Crippen LogP contribution in [0.2, 0.25) is 0 Å². The molecule has 0 aromatic heterocycles. The van der Waals surface area contributed by atoms with Gasteiger partial charge in [-0.25, -0.2) is 4.39 Å². The van der Waals surface area contributed by atoms with Crippen LogP contribution in [0.1, 0.15) is 19.4 Å². The van der Waals surface area contributed by atoms with E-state index in [0.717, 1.165) is 5.56 Å². The van der Waals surface area contributed by atoms with Gasteiger partial charge in [-0.05, 0) is 19.4 Å². The number of rotatable bonds is 6. The number of hydrogen-bond donors (Lipinski definition) is 2. The number of halogens is 1. The molecule has 1 atom stereocenters. The Morgan fingerprint density at radius 3 is 2.39 bits per heavy atom. The van der Waals surface area contributed by atoms with Gasteiger partial charge in [-0.3, -0.25) is 4.55 Å². The summed E-state index contributed by atoms with van der Waals surface area (Å²) >= 11 is 0. The van der Waals surface area contributed by atoms with Crippen molar-refractivity contribution in [1.29, 1.82) is 0 Å². The van der Waals surface area contributed by atoms with Crippen molar-refractivity contribution in [2.45, 2.75) is 25.6 Å². The van der Waals surface area contributed by atoms with Crippen LogP contribution in [0, 0.1) is 0 Å². The van der Waals surface area contributed by atoms with Gasteiger partial charge >= 0.3 is 0 Å². The van der Waals surface area contributed by atoms with Crippen molar-refractivity contribution in [3.8, 4) is 0 Å². The largest absolute Gasteiger partial charge is 0.305 e. The van der Waals surface area contributed by atoms with E-state index in [1.165, 1.54) is 0 Å². The van der Waals surface area contributed by atoms with Crippen LogP contribution >= 0.6 is 0 Å².